The van der Waals surface area contributed by atoms with E-state index in [0.717, 1.165) is 48.2 Å². The monoisotopic (exact) mass is 447 g/mol. The largest absolute Gasteiger partial charge is 0.334 e. The molecule has 7 nitrogen and oxygen atoms in total. The minimum absolute atomic E-state index is 0.152. The van der Waals surface area contributed by atoms with E-state index in [-0.39, 0.29) is 11.5 Å². The molecule has 0 aliphatic carbocycles. The van der Waals surface area contributed by atoms with Crippen LogP contribution in [0.2, 0.25) is 0 Å². The zero-order valence-corrected chi connectivity index (χ0v) is 20.4. The van der Waals surface area contributed by atoms with Gasteiger partial charge in [-0.05, 0) is 61.8 Å². The molecule has 7 heteroatoms. The Morgan fingerprint density at radius 1 is 0.788 bits per heavy atom. The first-order valence-corrected chi connectivity index (χ1v) is 11.6. The van der Waals surface area contributed by atoms with Gasteiger partial charge in [0.05, 0.1) is 4.92 Å². The van der Waals surface area contributed by atoms with E-state index in [9.17, 15) is 10.1 Å². The number of nitro groups is 1. The molecule has 0 amide bonds. The molecule has 0 aliphatic rings. The second-order valence-corrected chi connectivity index (χ2v) is 8.27. The van der Waals surface area contributed by atoms with E-state index in [4.69, 9.17) is 0 Å². The zero-order chi connectivity index (χ0) is 24.1. The highest BCUT2D eigenvalue weighted by molar-refractivity contribution is 5.73. The van der Waals surface area contributed by atoms with Crippen LogP contribution < -0.4 is 10.6 Å². The van der Waals surface area contributed by atoms with Gasteiger partial charge in [0.1, 0.15) is 6.20 Å². The van der Waals surface area contributed by atoms with Crippen LogP contribution in [0, 0.1) is 24.0 Å². The summed E-state index contributed by atoms with van der Waals surface area (Å²) in [4.78, 5) is 20.1. The van der Waals surface area contributed by atoms with Gasteiger partial charge >= 0.3 is 5.69 Å². The predicted octanol–water partition coefficient (Wildman–Crippen LogP) is 6.74. The smallest absolute Gasteiger partial charge is 0.329 e. The summed E-state index contributed by atoms with van der Waals surface area (Å²) in [5.74, 6) is 0.522. The van der Waals surface area contributed by atoms with Crippen molar-refractivity contribution in [2.24, 2.45) is 0 Å². The van der Waals surface area contributed by atoms with Crippen LogP contribution in [0.1, 0.15) is 61.1 Å². The molecular formula is C26H33N5O2. The molecule has 33 heavy (non-hydrogen) atoms. The summed E-state index contributed by atoms with van der Waals surface area (Å²) in [6.07, 6.45) is 4.61. The third-order valence-electron chi connectivity index (χ3n) is 5.86. The topological polar surface area (TPSA) is 93.0 Å². The number of aryl methyl sites for hydroxylation is 6. The fourth-order valence-electron chi connectivity index (χ4n) is 4.21. The van der Waals surface area contributed by atoms with Gasteiger partial charge in [0, 0.05) is 11.4 Å². The average molecular weight is 448 g/mol. The Balaban J connectivity index is 2.09. The van der Waals surface area contributed by atoms with E-state index in [1.807, 2.05) is 0 Å². The molecule has 0 spiro atoms. The predicted molar refractivity (Wildman–Crippen MR) is 135 cm³/mol. The van der Waals surface area contributed by atoms with Crippen LogP contribution in [0.5, 0.6) is 0 Å². The van der Waals surface area contributed by atoms with Crippen molar-refractivity contribution in [2.45, 2.75) is 67.2 Å². The van der Waals surface area contributed by atoms with Crippen LogP contribution in [0.25, 0.3) is 0 Å². The van der Waals surface area contributed by atoms with E-state index in [0.29, 0.717) is 5.95 Å². The molecule has 0 unspecified atom stereocenters. The van der Waals surface area contributed by atoms with Gasteiger partial charge in [-0.15, -0.1) is 0 Å². The quantitative estimate of drug-likeness (QED) is 0.279. The standard InChI is InChI=1S/C26H33N5O2/c1-7-18-11-16(5)12-19(8-2)23(18)28-25-22(31(32)33)15-27-26(30-25)29-24-20(9-3)13-17(6)14-21(24)10-4/h11-15H,7-10H2,1-6H3,(H2,27,28,29,30). The Morgan fingerprint density at radius 3 is 1.61 bits per heavy atom. The van der Waals surface area contributed by atoms with Crippen molar-refractivity contribution in [2.75, 3.05) is 10.6 Å². The lowest BCUT2D eigenvalue weighted by atomic mass is 9.99. The SMILES string of the molecule is CCc1cc(C)cc(CC)c1Nc1ncc([N+](=O)[O-])c(Nc2c(CC)cc(C)cc2CC)n1. The Labute approximate surface area is 195 Å². The molecule has 0 fully saturated rings. The number of hydrogen-bond acceptors (Lipinski definition) is 6. The summed E-state index contributed by atoms with van der Waals surface area (Å²) in [7, 11) is 0. The lowest BCUT2D eigenvalue weighted by molar-refractivity contribution is -0.384. The third kappa shape index (κ3) is 5.30. The first-order chi connectivity index (χ1) is 15.8. The molecule has 2 aromatic carbocycles. The van der Waals surface area contributed by atoms with Crippen LogP contribution in [0.15, 0.2) is 30.5 Å². The molecule has 0 aliphatic heterocycles. The fourth-order valence-corrected chi connectivity index (χ4v) is 4.21. The lowest BCUT2D eigenvalue weighted by Gasteiger charge is -2.18. The second-order valence-electron chi connectivity index (χ2n) is 8.27. The Bertz CT molecular complexity index is 1120. The third-order valence-corrected chi connectivity index (χ3v) is 5.86. The molecular weight excluding hydrogens is 414 g/mol. The van der Waals surface area contributed by atoms with Gasteiger partial charge in [-0.3, -0.25) is 10.1 Å². The molecule has 3 aromatic rings. The van der Waals surface area contributed by atoms with E-state index < -0.39 is 4.92 Å². The Morgan fingerprint density at radius 2 is 1.21 bits per heavy atom. The van der Waals surface area contributed by atoms with Crippen molar-refractivity contribution in [1.82, 2.24) is 9.97 Å². The van der Waals surface area contributed by atoms with Crippen molar-refractivity contribution in [1.29, 1.82) is 0 Å². The van der Waals surface area contributed by atoms with Gasteiger partial charge in [-0.1, -0.05) is 63.1 Å². The van der Waals surface area contributed by atoms with Crippen molar-refractivity contribution >= 4 is 28.8 Å². The maximum Gasteiger partial charge on any atom is 0.329 e. The highest BCUT2D eigenvalue weighted by atomic mass is 16.6. The van der Waals surface area contributed by atoms with Crippen LogP contribution in [-0.4, -0.2) is 14.9 Å². The van der Waals surface area contributed by atoms with Gasteiger partial charge in [0.15, 0.2) is 0 Å². The molecule has 0 radical (unpaired) electrons. The van der Waals surface area contributed by atoms with Crippen molar-refractivity contribution in [3.63, 3.8) is 0 Å². The Hall–Kier alpha value is -3.48. The number of nitrogens with one attached hydrogen (secondary N) is 2. The highest BCUT2D eigenvalue weighted by Gasteiger charge is 2.21. The molecule has 1 aromatic heterocycles. The molecule has 2 N–H and O–H groups in total. The van der Waals surface area contributed by atoms with E-state index in [2.05, 4.69) is 86.4 Å². The summed E-state index contributed by atoms with van der Waals surface area (Å²) in [5, 5.41) is 18.4. The van der Waals surface area contributed by atoms with Gasteiger partial charge in [0.2, 0.25) is 11.8 Å². The van der Waals surface area contributed by atoms with E-state index in [1.54, 1.807) is 0 Å². The van der Waals surface area contributed by atoms with Gasteiger partial charge in [-0.2, -0.15) is 4.98 Å². The van der Waals surface area contributed by atoms with E-state index in [1.165, 1.54) is 28.5 Å². The summed E-state index contributed by atoms with van der Waals surface area (Å²) < 4.78 is 0. The number of rotatable bonds is 9. The second kappa shape index (κ2) is 10.4. The molecule has 174 valence electrons. The molecule has 0 saturated heterocycles. The summed E-state index contributed by atoms with van der Waals surface area (Å²) >= 11 is 0. The number of nitrogens with zero attached hydrogens (tertiary/aromatic N) is 3. The summed E-state index contributed by atoms with van der Waals surface area (Å²) in [6, 6.07) is 8.53. The van der Waals surface area contributed by atoms with Crippen LogP contribution in [0.4, 0.5) is 28.8 Å². The van der Waals surface area contributed by atoms with Crippen LogP contribution >= 0.6 is 0 Å². The normalized spacial score (nSPS) is 10.8. The van der Waals surface area contributed by atoms with Crippen LogP contribution in [-0.2, 0) is 25.7 Å². The maximum absolute atomic E-state index is 11.7. The van der Waals surface area contributed by atoms with Crippen molar-refractivity contribution in [3.05, 3.63) is 74.0 Å². The number of anilines is 4. The number of hydrogen-bond donors (Lipinski definition) is 2. The Kier molecular flexibility index (Phi) is 7.63. The van der Waals surface area contributed by atoms with Crippen molar-refractivity contribution < 1.29 is 4.92 Å². The first kappa shape index (κ1) is 24.2. The fraction of sp³-hybridized carbons (Fsp3) is 0.385. The van der Waals surface area contributed by atoms with Gasteiger partial charge in [0.25, 0.3) is 0 Å². The zero-order valence-electron chi connectivity index (χ0n) is 20.4. The molecule has 1 heterocycles. The van der Waals surface area contributed by atoms with Crippen LogP contribution in [0.3, 0.4) is 0 Å². The molecule has 0 bridgehead atoms. The molecule has 0 atom stereocenters. The molecule has 0 saturated carbocycles. The lowest BCUT2D eigenvalue weighted by Crippen LogP contribution is -2.09. The maximum atomic E-state index is 11.7. The summed E-state index contributed by atoms with van der Waals surface area (Å²) in [6.45, 7) is 12.5. The van der Waals surface area contributed by atoms with Crippen molar-refractivity contribution in [3.8, 4) is 0 Å². The molecule has 3 rings (SSSR count). The van der Waals surface area contributed by atoms with Gasteiger partial charge < -0.3 is 10.6 Å². The summed E-state index contributed by atoms with van der Waals surface area (Å²) in [5.41, 5.74) is 8.64. The number of benzene rings is 2. The minimum Gasteiger partial charge on any atom is -0.334 e. The average Bonchev–Trinajstić information content (AvgIpc) is 2.80. The van der Waals surface area contributed by atoms with E-state index >= 15 is 0 Å². The number of aromatic nitrogens is 2. The van der Waals surface area contributed by atoms with Gasteiger partial charge in [-0.25, -0.2) is 4.98 Å². The first-order valence-electron chi connectivity index (χ1n) is 11.6. The minimum atomic E-state index is -0.446. The highest BCUT2D eigenvalue weighted by Crippen LogP contribution is 2.33.